The lowest BCUT2D eigenvalue weighted by molar-refractivity contribution is -0.113. The summed E-state index contributed by atoms with van der Waals surface area (Å²) in [7, 11) is 0. The van der Waals surface area contributed by atoms with Crippen molar-refractivity contribution in [1.29, 1.82) is 0 Å². The topological polar surface area (TPSA) is 20.3 Å². The van der Waals surface area contributed by atoms with Crippen LogP contribution < -0.4 is 0 Å². The molecule has 1 aliphatic heterocycles. The average molecular weight is 539 g/mol. The summed E-state index contributed by atoms with van der Waals surface area (Å²) < 4.78 is 0.990. The molecule has 1 fully saturated rings. The number of likely N-dealkylation sites (tertiary alicyclic amines) is 1. The molecular formula is C27H25Br2NO. The molecular weight excluding hydrogens is 514 g/mol. The zero-order chi connectivity index (χ0) is 22.2. The van der Waals surface area contributed by atoms with Gasteiger partial charge in [0, 0.05) is 45.7 Å². The predicted molar refractivity (Wildman–Crippen MR) is 138 cm³/mol. The van der Waals surface area contributed by atoms with E-state index in [1.165, 1.54) is 0 Å². The number of Topliss-reactive ketones (excluding diaryl/α,β-unsaturated/α-hetero) is 1. The first-order valence-electron chi connectivity index (χ1n) is 10.2. The number of rotatable bonds is 5. The molecule has 2 nitrogen and oxygen atoms in total. The number of halogens is 2. The minimum Gasteiger partial charge on any atom is -0.290 e. The van der Waals surface area contributed by atoms with Crippen molar-refractivity contribution in [2.24, 2.45) is 0 Å². The van der Waals surface area contributed by atoms with Gasteiger partial charge in [-0.1, -0.05) is 86.4 Å². The van der Waals surface area contributed by atoms with Crippen molar-refractivity contribution in [3.63, 3.8) is 0 Å². The van der Waals surface area contributed by atoms with Gasteiger partial charge in [0.05, 0.1) is 0 Å². The van der Waals surface area contributed by atoms with E-state index in [0.29, 0.717) is 24.5 Å². The number of hydrogen-bond acceptors (Lipinski definition) is 2. The van der Waals surface area contributed by atoms with Gasteiger partial charge in [-0.2, -0.15) is 0 Å². The zero-order valence-electron chi connectivity index (χ0n) is 17.5. The molecule has 0 saturated carbocycles. The summed E-state index contributed by atoms with van der Waals surface area (Å²) in [5.74, 6) is 2.89. The van der Waals surface area contributed by atoms with Crippen LogP contribution in [-0.4, -0.2) is 35.1 Å². The second-order valence-electron chi connectivity index (χ2n) is 7.58. The SMILES string of the molecule is C#C/C(=C\C=C/C)CN1C/C(=C\C2=CC=CC(Br)C2)C(=O)/C(=C/c2cccc(Br)c2)C1. The molecule has 1 atom stereocenters. The molecule has 1 aromatic rings. The summed E-state index contributed by atoms with van der Waals surface area (Å²) in [6, 6.07) is 7.98. The fourth-order valence-corrected chi connectivity index (χ4v) is 4.58. The lowest BCUT2D eigenvalue weighted by Crippen LogP contribution is -2.38. The number of piperidine rings is 1. The Morgan fingerprint density at radius 2 is 2.06 bits per heavy atom. The number of nitrogens with zero attached hydrogens (tertiary/aromatic N) is 1. The number of hydrogen-bond donors (Lipinski definition) is 0. The normalized spacial score (nSPS) is 22.9. The monoisotopic (exact) mass is 537 g/mol. The van der Waals surface area contributed by atoms with Crippen LogP contribution in [0, 0.1) is 12.3 Å². The van der Waals surface area contributed by atoms with Crippen LogP contribution in [0.1, 0.15) is 18.9 Å². The quantitative estimate of drug-likeness (QED) is 0.186. The Labute approximate surface area is 202 Å². The second-order valence-corrected chi connectivity index (χ2v) is 9.67. The molecule has 1 aliphatic carbocycles. The van der Waals surface area contributed by atoms with Crippen molar-refractivity contribution in [3.05, 3.63) is 99.1 Å². The average Bonchev–Trinajstić information content (AvgIpc) is 2.74. The van der Waals surface area contributed by atoms with Crippen molar-refractivity contribution in [2.45, 2.75) is 18.2 Å². The van der Waals surface area contributed by atoms with Gasteiger partial charge in [-0.3, -0.25) is 9.69 Å². The van der Waals surface area contributed by atoms with E-state index < -0.39 is 0 Å². The maximum absolute atomic E-state index is 13.3. The van der Waals surface area contributed by atoms with Gasteiger partial charge in [0.1, 0.15) is 0 Å². The van der Waals surface area contributed by atoms with Crippen LogP contribution in [-0.2, 0) is 4.79 Å². The summed E-state index contributed by atoms with van der Waals surface area (Å²) in [6.45, 7) is 3.74. The third kappa shape index (κ3) is 6.90. The summed E-state index contributed by atoms with van der Waals surface area (Å²) in [4.78, 5) is 15.9. The third-order valence-corrected chi connectivity index (χ3v) is 6.17. The van der Waals surface area contributed by atoms with Crippen molar-refractivity contribution >= 4 is 43.7 Å². The predicted octanol–water partition coefficient (Wildman–Crippen LogP) is 6.43. The van der Waals surface area contributed by atoms with Crippen LogP contribution in [0.4, 0.5) is 0 Å². The molecule has 2 aliphatic rings. The van der Waals surface area contributed by atoms with Crippen molar-refractivity contribution < 1.29 is 4.79 Å². The van der Waals surface area contributed by atoms with Gasteiger partial charge in [-0.15, -0.1) is 6.42 Å². The highest BCUT2D eigenvalue weighted by Crippen LogP contribution is 2.26. The summed E-state index contributed by atoms with van der Waals surface area (Å²) in [6.07, 6.45) is 22.7. The number of benzene rings is 1. The molecule has 0 bridgehead atoms. The van der Waals surface area contributed by atoms with Crippen LogP contribution in [0.15, 0.2) is 93.6 Å². The molecule has 0 spiro atoms. The third-order valence-electron chi connectivity index (χ3n) is 5.05. The first-order valence-corrected chi connectivity index (χ1v) is 11.9. The molecule has 4 heteroatoms. The Morgan fingerprint density at radius 3 is 2.74 bits per heavy atom. The number of carbonyl (C=O) groups is 1. The van der Waals surface area contributed by atoms with Crippen LogP contribution in [0.25, 0.3) is 6.08 Å². The Hall–Kier alpha value is -2.19. The van der Waals surface area contributed by atoms with E-state index in [4.69, 9.17) is 6.42 Å². The fraction of sp³-hybridized carbons (Fsp3) is 0.222. The standard InChI is InChI=1S/C27H25Br2NO/c1-3-5-8-20(4-2)17-30-18-23(13-21-9-6-11-25(28)15-21)27(31)24(19-30)14-22-10-7-12-26(29)16-22/h2-3,5-15,26H,16-19H2,1H3/b5-3-,20-8+,23-13+,24-14+. The smallest absolute Gasteiger partial charge is 0.187 e. The van der Waals surface area contributed by atoms with Crippen LogP contribution in [0.5, 0.6) is 0 Å². The van der Waals surface area contributed by atoms with E-state index in [-0.39, 0.29) is 5.78 Å². The first kappa shape index (κ1) is 23.5. The van der Waals surface area contributed by atoms with E-state index in [2.05, 4.69) is 54.8 Å². The second kappa shape index (κ2) is 11.4. The summed E-state index contributed by atoms with van der Waals surface area (Å²) in [5.41, 5.74) is 4.63. The Morgan fingerprint density at radius 1 is 1.29 bits per heavy atom. The number of allylic oxidation sites excluding steroid dienone is 8. The highest BCUT2D eigenvalue weighted by atomic mass is 79.9. The van der Waals surface area contributed by atoms with Crippen molar-refractivity contribution in [2.75, 3.05) is 19.6 Å². The molecule has 0 N–H and O–H groups in total. The van der Waals surface area contributed by atoms with Gasteiger partial charge >= 0.3 is 0 Å². The van der Waals surface area contributed by atoms with Crippen molar-refractivity contribution in [3.8, 4) is 12.3 Å². The summed E-state index contributed by atoms with van der Waals surface area (Å²) in [5, 5.41) is 0. The molecule has 3 rings (SSSR count). The van der Waals surface area contributed by atoms with E-state index >= 15 is 0 Å². The number of ketones is 1. The van der Waals surface area contributed by atoms with Crippen LogP contribution in [0.3, 0.4) is 0 Å². The lowest BCUT2D eigenvalue weighted by Gasteiger charge is -2.30. The van der Waals surface area contributed by atoms with E-state index in [1.54, 1.807) is 0 Å². The van der Waals surface area contributed by atoms with Gasteiger partial charge in [-0.25, -0.2) is 0 Å². The minimum absolute atomic E-state index is 0.109. The minimum atomic E-state index is 0.109. The van der Waals surface area contributed by atoms with Gasteiger partial charge in [0.15, 0.2) is 5.78 Å². The van der Waals surface area contributed by atoms with Crippen LogP contribution >= 0.6 is 31.9 Å². The lowest BCUT2D eigenvalue weighted by atomic mass is 9.92. The highest BCUT2D eigenvalue weighted by Gasteiger charge is 2.27. The maximum atomic E-state index is 13.3. The van der Waals surface area contributed by atoms with E-state index in [0.717, 1.165) is 38.7 Å². The molecule has 158 valence electrons. The number of terminal acetylenes is 1. The molecule has 1 unspecified atom stereocenters. The van der Waals surface area contributed by atoms with Gasteiger partial charge in [0.2, 0.25) is 0 Å². The van der Waals surface area contributed by atoms with E-state index in [9.17, 15) is 4.79 Å². The summed E-state index contributed by atoms with van der Waals surface area (Å²) >= 11 is 7.16. The maximum Gasteiger partial charge on any atom is 0.187 e. The van der Waals surface area contributed by atoms with Gasteiger partial charge in [-0.05, 0) is 48.8 Å². The van der Waals surface area contributed by atoms with E-state index in [1.807, 2.05) is 67.6 Å². The first-order chi connectivity index (χ1) is 15.0. The molecule has 0 radical (unpaired) electrons. The Kier molecular flexibility index (Phi) is 8.66. The fourth-order valence-electron chi connectivity index (χ4n) is 3.61. The highest BCUT2D eigenvalue weighted by molar-refractivity contribution is 9.10. The molecule has 1 saturated heterocycles. The molecule has 31 heavy (non-hydrogen) atoms. The zero-order valence-corrected chi connectivity index (χ0v) is 20.7. The van der Waals surface area contributed by atoms with Crippen LogP contribution in [0.2, 0.25) is 0 Å². The molecule has 1 heterocycles. The number of alkyl halides is 1. The Bertz CT molecular complexity index is 1060. The number of carbonyl (C=O) groups excluding carboxylic acids is 1. The molecule has 1 aromatic carbocycles. The van der Waals surface area contributed by atoms with Gasteiger partial charge in [0.25, 0.3) is 0 Å². The molecule has 0 aromatic heterocycles. The van der Waals surface area contributed by atoms with Crippen molar-refractivity contribution in [1.82, 2.24) is 4.90 Å². The van der Waals surface area contributed by atoms with Gasteiger partial charge < -0.3 is 0 Å². The largest absolute Gasteiger partial charge is 0.290 e. The molecule has 0 amide bonds. The Balaban J connectivity index is 1.95.